The summed E-state index contributed by atoms with van der Waals surface area (Å²) in [5.74, 6) is 0.758. The topological polar surface area (TPSA) is 43.1 Å². The Labute approximate surface area is 59.3 Å². The first-order chi connectivity index (χ1) is 4.18. The van der Waals surface area contributed by atoms with Gasteiger partial charge in [0.1, 0.15) is 0 Å². The SMILES string of the molecule is CC(C)S(=O)CCCN. The summed E-state index contributed by atoms with van der Waals surface area (Å²) in [6, 6.07) is 0. The third-order valence-electron chi connectivity index (χ3n) is 1.08. The third kappa shape index (κ3) is 4.60. The van der Waals surface area contributed by atoms with Gasteiger partial charge in [0.25, 0.3) is 0 Å². The predicted octanol–water partition coefficient (Wildman–Crippen LogP) is 0.492. The normalized spacial score (nSPS) is 14.2. The first kappa shape index (κ1) is 9.11. The maximum atomic E-state index is 11.0. The molecule has 56 valence electrons. The molecule has 2 nitrogen and oxygen atoms in total. The van der Waals surface area contributed by atoms with Crippen molar-refractivity contribution in [2.75, 3.05) is 12.3 Å². The van der Waals surface area contributed by atoms with E-state index in [0.29, 0.717) is 6.54 Å². The van der Waals surface area contributed by atoms with Gasteiger partial charge in [-0.2, -0.15) is 0 Å². The first-order valence-electron chi connectivity index (χ1n) is 3.25. The molecule has 0 aromatic carbocycles. The van der Waals surface area contributed by atoms with Gasteiger partial charge in [-0.15, -0.1) is 0 Å². The molecular formula is C6H15NOS. The van der Waals surface area contributed by atoms with Crippen LogP contribution >= 0.6 is 0 Å². The third-order valence-corrected chi connectivity index (χ3v) is 2.82. The van der Waals surface area contributed by atoms with E-state index < -0.39 is 10.8 Å². The van der Waals surface area contributed by atoms with E-state index in [1.807, 2.05) is 13.8 Å². The zero-order valence-electron chi connectivity index (χ0n) is 6.09. The lowest BCUT2D eigenvalue weighted by atomic mass is 10.5. The van der Waals surface area contributed by atoms with Crippen LogP contribution in [-0.2, 0) is 10.8 Å². The van der Waals surface area contributed by atoms with Gasteiger partial charge in [0.15, 0.2) is 0 Å². The van der Waals surface area contributed by atoms with Gasteiger partial charge in [-0.1, -0.05) is 13.8 Å². The molecule has 0 rings (SSSR count). The lowest BCUT2D eigenvalue weighted by Gasteiger charge is -2.02. The second-order valence-corrected chi connectivity index (χ2v) is 4.39. The smallest absolute Gasteiger partial charge is 0.0291 e. The molecule has 0 amide bonds. The average Bonchev–Trinajstić information content (AvgIpc) is 1.82. The molecule has 1 unspecified atom stereocenters. The minimum absolute atomic E-state index is 0.288. The van der Waals surface area contributed by atoms with Gasteiger partial charge in [0.2, 0.25) is 0 Å². The summed E-state index contributed by atoms with van der Waals surface area (Å²) in [5.41, 5.74) is 5.24. The van der Waals surface area contributed by atoms with Crippen LogP contribution in [0.3, 0.4) is 0 Å². The summed E-state index contributed by atoms with van der Waals surface area (Å²) in [5, 5.41) is 0.288. The molecule has 0 heterocycles. The van der Waals surface area contributed by atoms with E-state index in [4.69, 9.17) is 5.73 Å². The number of nitrogens with two attached hydrogens (primary N) is 1. The van der Waals surface area contributed by atoms with Crippen LogP contribution in [0.15, 0.2) is 0 Å². The van der Waals surface area contributed by atoms with E-state index in [1.54, 1.807) is 0 Å². The minimum atomic E-state index is -0.652. The molecule has 0 saturated carbocycles. The molecule has 0 bridgehead atoms. The zero-order chi connectivity index (χ0) is 7.28. The van der Waals surface area contributed by atoms with Crippen LogP contribution in [0.2, 0.25) is 0 Å². The summed E-state index contributed by atoms with van der Waals surface area (Å²) >= 11 is 0. The maximum Gasteiger partial charge on any atom is 0.0291 e. The minimum Gasteiger partial charge on any atom is -0.330 e. The van der Waals surface area contributed by atoms with Crippen molar-refractivity contribution in [3.05, 3.63) is 0 Å². The summed E-state index contributed by atoms with van der Waals surface area (Å²) in [7, 11) is -0.652. The Morgan fingerprint density at radius 1 is 1.56 bits per heavy atom. The van der Waals surface area contributed by atoms with Crippen molar-refractivity contribution in [3.8, 4) is 0 Å². The van der Waals surface area contributed by atoms with Crippen molar-refractivity contribution in [2.45, 2.75) is 25.5 Å². The largest absolute Gasteiger partial charge is 0.330 e. The van der Waals surface area contributed by atoms with E-state index in [-0.39, 0.29) is 5.25 Å². The average molecular weight is 149 g/mol. The monoisotopic (exact) mass is 149 g/mol. The summed E-state index contributed by atoms with van der Waals surface area (Å²) in [6.45, 7) is 4.58. The Morgan fingerprint density at radius 3 is 2.44 bits per heavy atom. The highest BCUT2D eigenvalue weighted by molar-refractivity contribution is 7.85. The Kier molecular flexibility index (Phi) is 5.00. The highest BCUT2D eigenvalue weighted by atomic mass is 32.2. The van der Waals surface area contributed by atoms with Gasteiger partial charge in [-0.25, -0.2) is 0 Å². The molecule has 0 aliphatic rings. The second kappa shape index (κ2) is 4.94. The van der Waals surface area contributed by atoms with Crippen molar-refractivity contribution in [3.63, 3.8) is 0 Å². The van der Waals surface area contributed by atoms with Gasteiger partial charge < -0.3 is 5.73 Å². The molecule has 0 aliphatic heterocycles. The Bertz CT molecular complexity index is 93.1. The van der Waals surface area contributed by atoms with Crippen LogP contribution in [0.5, 0.6) is 0 Å². The van der Waals surface area contributed by atoms with Crippen molar-refractivity contribution < 1.29 is 4.21 Å². The first-order valence-corrected chi connectivity index (χ1v) is 4.64. The molecular weight excluding hydrogens is 134 g/mol. The van der Waals surface area contributed by atoms with E-state index in [1.165, 1.54) is 0 Å². The molecule has 0 aliphatic carbocycles. The van der Waals surface area contributed by atoms with Crippen molar-refractivity contribution in [1.82, 2.24) is 0 Å². The van der Waals surface area contributed by atoms with Crippen LogP contribution in [0, 0.1) is 0 Å². The Morgan fingerprint density at radius 2 is 2.11 bits per heavy atom. The lowest BCUT2D eigenvalue weighted by molar-refractivity contribution is 0.674. The van der Waals surface area contributed by atoms with Crippen LogP contribution in [-0.4, -0.2) is 21.8 Å². The fourth-order valence-electron chi connectivity index (χ4n) is 0.461. The molecule has 0 aromatic heterocycles. The summed E-state index contributed by atoms with van der Waals surface area (Å²) < 4.78 is 11.0. The van der Waals surface area contributed by atoms with Gasteiger partial charge in [-0.05, 0) is 13.0 Å². The van der Waals surface area contributed by atoms with Crippen molar-refractivity contribution in [2.24, 2.45) is 5.73 Å². The van der Waals surface area contributed by atoms with Crippen LogP contribution in [0.1, 0.15) is 20.3 Å². The van der Waals surface area contributed by atoms with Crippen LogP contribution in [0.25, 0.3) is 0 Å². The molecule has 9 heavy (non-hydrogen) atoms. The standard InChI is InChI=1S/C6H15NOS/c1-6(2)9(8)5-3-4-7/h6H,3-5,7H2,1-2H3. The lowest BCUT2D eigenvalue weighted by Crippen LogP contribution is -2.12. The van der Waals surface area contributed by atoms with E-state index >= 15 is 0 Å². The summed E-state index contributed by atoms with van der Waals surface area (Å²) in [6.07, 6.45) is 0.880. The molecule has 0 aromatic rings. The molecule has 0 saturated heterocycles. The zero-order valence-corrected chi connectivity index (χ0v) is 6.91. The van der Waals surface area contributed by atoms with E-state index in [9.17, 15) is 4.21 Å². The molecule has 2 N–H and O–H groups in total. The maximum absolute atomic E-state index is 11.0. The number of rotatable bonds is 4. The Balaban J connectivity index is 3.28. The van der Waals surface area contributed by atoms with Crippen molar-refractivity contribution >= 4 is 10.8 Å². The molecule has 0 spiro atoms. The van der Waals surface area contributed by atoms with E-state index in [2.05, 4.69) is 0 Å². The second-order valence-electron chi connectivity index (χ2n) is 2.28. The van der Waals surface area contributed by atoms with Gasteiger partial charge >= 0.3 is 0 Å². The fourth-order valence-corrected chi connectivity index (χ4v) is 1.38. The fraction of sp³-hybridized carbons (Fsp3) is 1.00. The summed E-state index contributed by atoms with van der Waals surface area (Å²) in [4.78, 5) is 0. The predicted molar refractivity (Wildman–Crippen MR) is 41.8 cm³/mol. The van der Waals surface area contributed by atoms with Gasteiger partial charge in [0.05, 0.1) is 0 Å². The Hall–Kier alpha value is 0.110. The number of hydrogen-bond acceptors (Lipinski definition) is 2. The highest BCUT2D eigenvalue weighted by Gasteiger charge is 2.02. The van der Waals surface area contributed by atoms with Gasteiger partial charge in [-0.3, -0.25) is 4.21 Å². The molecule has 3 heteroatoms. The van der Waals surface area contributed by atoms with E-state index in [0.717, 1.165) is 12.2 Å². The highest BCUT2D eigenvalue weighted by Crippen LogP contribution is 1.94. The molecule has 1 atom stereocenters. The van der Waals surface area contributed by atoms with Crippen molar-refractivity contribution in [1.29, 1.82) is 0 Å². The van der Waals surface area contributed by atoms with Gasteiger partial charge in [0, 0.05) is 21.8 Å². The molecule has 0 fully saturated rings. The molecule has 0 radical (unpaired) electrons. The number of hydrogen-bond donors (Lipinski definition) is 1. The quantitative estimate of drug-likeness (QED) is 0.632. The van der Waals surface area contributed by atoms with Crippen LogP contribution < -0.4 is 5.73 Å². The van der Waals surface area contributed by atoms with Crippen LogP contribution in [0.4, 0.5) is 0 Å².